The molecule has 1 aromatic carbocycles. The molecule has 0 radical (unpaired) electrons. The summed E-state index contributed by atoms with van der Waals surface area (Å²) in [6.07, 6.45) is 1.53. The minimum Gasteiger partial charge on any atom is -0.545 e. The molecule has 0 bridgehead atoms. The summed E-state index contributed by atoms with van der Waals surface area (Å²) in [6.45, 7) is 1.88. The van der Waals surface area contributed by atoms with Crippen molar-refractivity contribution in [3.8, 4) is 0 Å². The Labute approximate surface area is 152 Å². The first-order chi connectivity index (χ1) is 11.9. The number of hydrogen-bond acceptors (Lipinski definition) is 6. The molecule has 0 unspecified atom stereocenters. The number of amides is 2. The molecule has 1 fully saturated rings. The molecule has 0 spiro atoms. The number of aryl methyl sites for hydroxylation is 1. The summed E-state index contributed by atoms with van der Waals surface area (Å²) in [6, 6.07) is 7.37. The Morgan fingerprint density at radius 1 is 1.24 bits per heavy atom. The minimum atomic E-state index is -1.32. The summed E-state index contributed by atoms with van der Waals surface area (Å²) in [7, 11) is 0. The second-order valence-electron chi connectivity index (χ2n) is 5.26. The molecule has 2 amide bonds. The van der Waals surface area contributed by atoms with E-state index >= 15 is 0 Å². The van der Waals surface area contributed by atoms with Crippen LogP contribution in [0.2, 0.25) is 0 Å². The summed E-state index contributed by atoms with van der Waals surface area (Å²) in [5, 5.41) is 15.1. The lowest BCUT2D eigenvalue weighted by atomic mass is 10.1. The Kier molecular flexibility index (Phi) is 4.47. The molecule has 1 aliphatic heterocycles. The van der Waals surface area contributed by atoms with E-state index in [-0.39, 0.29) is 16.2 Å². The van der Waals surface area contributed by atoms with Crippen molar-refractivity contribution in [1.82, 2.24) is 5.32 Å². The molecule has 3 rings (SSSR count). The third-order valence-electron chi connectivity index (χ3n) is 3.64. The van der Waals surface area contributed by atoms with Crippen LogP contribution in [-0.4, -0.2) is 22.9 Å². The molecule has 1 saturated heterocycles. The van der Waals surface area contributed by atoms with Crippen molar-refractivity contribution in [3.05, 3.63) is 57.3 Å². The molecule has 2 aromatic rings. The number of nitrogens with zero attached hydrogens (tertiary/aromatic N) is 1. The molecule has 2 heterocycles. The van der Waals surface area contributed by atoms with E-state index in [0.717, 1.165) is 15.3 Å². The maximum Gasteiger partial charge on any atom is 0.270 e. The normalized spacial score (nSPS) is 16.3. The summed E-state index contributed by atoms with van der Waals surface area (Å²) in [4.78, 5) is 37.8. The van der Waals surface area contributed by atoms with Gasteiger partial charge < -0.3 is 9.90 Å². The van der Waals surface area contributed by atoms with Crippen molar-refractivity contribution in [2.75, 3.05) is 4.90 Å². The molecule has 8 heteroatoms. The van der Waals surface area contributed by atoms with Crippen molar-refractivity contribution in [2.24, 2.45) is 0 Å². The number of carbonyl (C=O) groups excluding carboxylic acids is 3. The molecule has 6 nitrogen and oxygen atoms in total. The molecule has 1 aromatic heterocycles. The van der Waals surface area contributed by atoms with Gasteiger partial charge in [-0.1, -0.05) is 12.1 Å². The van der Waals surface area contributed by atoms with E-state index in [1.54, 1.807) is 0 Å². The maximum atomic E-state index is 12.8. The second kappa shape index (κ2) is 6.58. The zero-order chi connectivity index (χ0) is 18.1. The van der Waals surface area contributed by atoms with E-state index in [2.05, 4.69) is 5.32 Å². The molecule has 0 atom stereocenters. The average molecular weight is 371 g/mol. The van der Waals surface area contributed by atoms with Gasteiger partial charge in [0.25, 0.3) is 11.8 Å². The van der Waals surface area contributed by atoms with Gasteiger partial charge in [-0.05, 0) is 59.9 Å². The van der Waals surface area contributed by atoms with Crippen LogP contribution in [-0.2, 0) is 9.59 Å². The van der Waals surface area contributed by atoms with Gasteiger partial charge in [-0.15, -0.1) is 11.3 Å². The first-order valence-electron chi connectivity index (χ1n) is 7.15. The zero-order valence-corrected chi connectivity index (χ0v) is 14.6. The van der Waals surface area contributed by atoms with Crippen molar-refractivity contribution < 1.29 is 19.5 Å². The topological polar surface area (TPSA) is 89.5 Å². The van der Waals surface area contributed by atoms with Gasteiger partial charge in [0.2, 0.25) is 0 Å². The Bertz CT molecular complexity index is 928. The van der Waals surface area contributed by atoms with Gasteiger partial charge in [-0.25, -0.2) is 0 Å². The van der Waals surface area contributed by atoms with E-state index in [4.69, 9.17) is 12.2 Å². The highest BCUT2D eigenvalue weighted by Crippen LogP contribution is 2.25. The van der Waals surface area contributed by atoms with Crippen molar-refractivity contribution in [2.45, 2.75) is 6.92 Å². The molecule has 1 N–H and O–H groups in total. The number of carboxylic acid groups (broad SMARTS) is 1. The standard InChI is InChI=1S/C17H12N2O4S2/c1-9-6-7-25-13(9)8-12-14(20)18-17(24)19(15(12)21)11-4-2-10(3-5-11)16(22)23/h2-8H,1H3,(H,22,23)(H,18,20,24)/p-1/b12-8+. The number of nitrogens with one attached hydrogen (secondary N) is 1. The van der Waals surface area contributed by atoms with E-state index in [1.165, 1.54) is 41.7 Å². The molecule has 0 aliphatic carbocycles. The third-order valence-corrected chi connectivity index (χ3v) is 4.89. The smallest absolute Gasteiger partial charge is 0.270 e. The van der Waals surface area contributed by atoms with Gasteiger partial charge in [-0.3, -0.25) is 19.8 Å². The zero-order valence-electron chi connectivity index (χ0n) is 12.9. The Morgan fingerprint density at radius 3 is 2.48 bits per heavy atom. The number of thiophene rings is 1. The summed E-state index contributed by atoms with van der Waals surface area (Å²) < 4.78 is 0. The van der Waals surface area contributed by atoms with E-state index < -0.39 is 17.8 Å². The monoisotopic (exact) mass is 371 g/mol. The molecule has 1 aliphatic rings. The number of anilines is 1. The highest BCUT2D eigenvalue weighted by molar-refractivity contribution is 7.80. The minimum absolute atomic E-state index is 0.0202. The van der Waals surface area contributed by atoms with Crippen LogP contribution in [0.25, 0.3) is 6.08 Å². The van der Waals surface area contributed by atoms with E-state index in [9.17, 15) is 19.5 Å². The molecular formula is C17H11N2O4S2-. The lowest BCUT2D eigenvalue weighted by Gasteiger charge is -2.29. The fourth-order valence-electron chi connectivity index (χ4n) is 2.30. The summed E-state index contributed by atoms with van der Waals surface area (Å²) >= 11 is 6.51. The number of carbonyl (C=O) groups is 3. The van der Waals surface area contributed by atoms with Crippen molar-refractivity contribution in [3.63, 3.8) is 0 Å². The van der Waals surface area contributed by atoms with Crippen LogP contribution in [0, 0.1) is 6.92 Å². The Morgan fingerprint density at radius 2 is 1.92 bits per heavy atom. The van der Waals surface area contributed by atoms with Crippen LogP contribution in [0.5, 0.6) is 0 Å². The average Bonchev–Trinajstić information content (AvgIpc) is 2.96. The molecule has 0 saturated carbocycles. The van der Waals surface area contributed by atoms with Gasteiger partial charge in [0.1, 0.15) is 5.57 Å². The van der Waals surface area contributed by atoms with Crippen LogP contribution in [0.1, 0.15) is 20.8 Å². The van der Waals surface area contributed by atoms with Gasteiger partial charge in [-0.2, -0.15) is 0 Å². The van der Waals surface area contributed by atoms with Crippen LogP contribution >= 0.6 is 23.6 Å². The number of benzene rings is 1. The molecule has 25 heavy (non-hydrogen) atoms. The van der Waals surface area contributed by atoms with Gasteiger partial charge >= 0.3 is 0 Å². The number of hydrogen-bond donors (Lipinski definition) is 1. The highest BCUT2D eigenvalue weighted by atomic mass is 32.1. The summed E-state index contributed by atoms with van der Waals surface area (Å²) in [5.74, 6) is -2.45. The fraction of sp³-hybridized carbons (Fsp3) is 0.0588. The summed E-state index contributed by atoms with van der Waals surface area (Å²) in [5.41, 5.74) is 1.25. The quantitative estimate of drug-likeness (QED) is 0.498. The Balaban J connectivity index is 1.99. The molecular weight excluding hydrogens is 360 g/mol. The van der Waals surface area contributed by atoms with Crippen LogP contribution in [0.4, 0.5) is 5.69 Å². The number of aromatic carboxylic acids is 1. The Hall–Kier alpha value is -2.84. The van der Waals surface area contributed by atoms with E-state index in [0.29, 0.717) is 5.69 Å². The molecule has 126 valence electrons. The van der Waals surface area contributed by atoms with Crippen molar-refractivity contribution >= 4 is 58.2 Å². The predicted molar refractivity (Wildman–Crippen MR) is 96.0 cm³/mol. The second-order valence-corrected chi connectivity index (χ2v) is 6.59. The lowest BCUT2D eigenvalue weighted by Crippen LogP contribution is -2.54. The van der Waals surface area contributed by atoms with Crippen LogP contribution in [0.3, 0.4) is 0 Å². The largest absolute Gasteiger partial charge is 0.545 e. The SMILES string of the molecule is Cc1ccsc1/C=C1\C(=O)NC(=S)N(c2ccc(C(=O)[O-])cc2)C1=O. The lowest BCUT2D eigenvalue weighted by molar-refractivity contribution is -0.255. The van der Waals surface area contributed by atoms with Gasteiger partial charge in [0.05, 0.1) is 11.7 Å². The predicted octanol–water partition coefficient (Wildman–Crippen LogP) is 1.25. The maximum absolute atomic E-state index is 12.8. The fourth-order valence-corrected chi connectivity index (χ4v) is 3.44. The van der Waals surface area contributed by atoms with E-state index in [1.807, 2.05) is 18.4 Å². The first-order valence-corrected chi connectivity index (χ1v) is 8.44. The third kappa shape index (κ3) is 3.21. The van der Waals surface area contributed by atoms with Crippen LogP contribution in [0.15, 0.2) is 41.3 Å². The number of carboxylic acids is 1. The van der Waals surface area contributed by atoms with Gasteiger partial charge in [0.15, 0.2) is 5.11 Å². The number of thiocarbonyl (C=S) groups is 1. The van der Waals surface area contributed by atoms with Crippen LogP contribution < -0.4 is 15.3 Å². The highest BCUT2D eigenvalue weighted by Gasteiger charge is 2.34. The van der Waals surface area contributed by atoms with Crippen molar-refractivity contribution in [1.29, 1.82) is 0 Å². The van der Waals surface area contributed by atoms with Gasteiger partial charge in [0, 0.05) is 4.88 Å². The number of rotatable bonds is 3. The first kappa shape index (κ1) is 17.0.